The Morgan fingerprint density at radius 3 is 2.80 bits per heavy atom. The fourth-order valence-corrected chi connectivity index (χ4v) is 0.570. The molecule has 0 aromatic carbocycles. The minimum Gasteiger partial charge on any atom is -0.342 e. The molecule has 1 rings (SSSR count). The number of hydrogen-bond acceptors (Lipinski definition) is 4. The Morgan fingerprint density at radius 2 is 2.40 bits per heavy atom. The molecule has 0 aliphatic carbocycles. The highest BCUT2D eigenvalue weighted by atomic mass is 16.1. The number of ketones is 1. The Morgan fingerprint density at radius 1 is 1.70 bits per heavy atom. The van der Waals surface area contributed by atoms with Crippen molar-refractivity contribution >= 4 is 5.78 Å². The van der Waals surface area contributed by atoms with E-state index in [0.29, 0.717) is 5.69 Å². The minimum atomic E-state index is -0.958. The predicted molar refractivity (Wildman–Crippen MR) is 35.1 cm³/mol. The Bertz CT molecular complexity index is 216. The normalized spacial score (nSPS) is 10.3. The molecule has 0 saturated carbocycles. The maximum absolute atomic E-state index is 10.9. The smallest absolute Gasteiger partial charge is 0.211 e. The zero-order valence-corrected chi connectivity index (χ0v) is 5.24. The van der Waals surface area contributed by atoms with Crippen molar-refractivity contribution in [3.05, 3.63) is 18.2 Å². The molecular weight excluding hydrogens is 132 g/mol. The summed E-state index contributed by atoms with van der Waals surface area (Å²) in [5.74, 6) is -0.336. The third kappa shape index (κ3) is 1.20. The maximum atomic E-state index is 10.9. The number of carbonyl (C=O) groups is 1. The molecule has 1 heterocycles. The van der Waals surface area contributed by atoms with Gasteiger partial charge in [-0.05, 0) is 0 Å². The summed E-state index contributed by atoms with van der Waals surface area (Å²) in [5, 5.41) is 0. The van der Waals surface area contributed by atoms with Crippen LogP contribution in [0.2, 0.25) is 0 Å². The van der Waals surface area contributed by atoms with Crippen LogP contribution >= 0.6 is 0 Å². The monoisotopic (exact) mass is 140 g/mol. The van der Waals surface area contributed by atoms with Gasteiger partial charge in [-0.25, -0.2) is 4.98 Å². The van der Waals surface area contributed by atoms with Crippen molar-refractivity contribution in [1.29, 1.82) is 0 Å². The third-order valence-corrected chi connectivity index (χ3v) is 1.07. The molecular formula is C5H8N4O. The van der Waals surface area contributed by atoms with Crippen LogP contribution < -0.4 is 11.5 Å². The highest BCUT2D eigenvalue weighted by Crippen LogP contribution is 1.92. The molecule has 0 unspecified atom stereocenters. The first-order valence-corrected chi connectivity index (χ1v) is 2.75. The van der Waals surface area contributed by atoms with Gasteiger partial charge in [0.15, 0.2) is 0 Å². The van der Waals surface area contributed by atoms with Crippen LogP contribution in [0, 0.1) is 0 Å². The van der Waals surface area contributed by atoms with Gasteiger partial charge in [-0.2, -0.15) is 0 Å². The van der Waals surface area contributed by atoms with E-state index in [9.17, 15) is 4.79 Å². The molecule has 10 heavy (non-hydrogen) atoms. The van der Waals surface area contributed by atoms with Gasteiger partial charge in [-0.3, -0.25) is 4.79 Å². The van der Waals surface area contributed by atoms with E-state index in [4.69, 9.17) is 11.5 Å². The van der Waals surface area contributed by atoms with Crippen LogP contribution in [-0.2, 0) is 0 Å². The number of carbonyl (C=O) groups excluding carboxylic acids is 1. The van der Waals surface area contributed by atoms with Gasteiger partial charge in [0.05, 0.1) is 12.5 Å². The SMILES string of the molecule is NC(N)C(=O)c1cnc[nH]1. The number of aromatic amines is 1. The Balaban J connectivity index is 2.78. The third-order valence-electron chi connectivity index (χ3n) is 1.07. The van der Waals surface area contributed by atoms with Crippen LogP contribution in [0.3, 0.4) is 0 Å². The maximum Gasteiger partial charge on any atom is 0.211 e. The van der Waals surface area contributed by atoms with E-state index in [-0.39, 0.29) is 5.78 Å². The summed E-state index contributed by atoms with van der Waals surface area (Å²) >= 11 is 0. The van der Waals surface area contributed by atoms with Crippen molar-refractivity contribution in [2.24, 2.45) is 11.5 Å². The first kappa shape index (κ1) is 6.91. The molecule has 5 heteroatoms. The van der Waals surface area contributed by atoms with Crippen molar-refractivity contribution in [3.8, 4) is 0 Å². The number of aromatic nitrogens is 2. The molecule has 1 aromatic rings. The Labute approximate surface area is 57.4 Å². The molecule has 0 spiro atoms. The van der Waals surface area contributed by atoms with Gasteiger partial charge in [0.25, 0.3) is 0 Å². The summed E-state index contributed by atoms with van der Waals surface area (Å²) in [6.45, 7) is 0. The summed E-state index contributed by atoms with van der Waals surface area (Å²) < 4.78 is 0. The van der Waals surface area contributed by atoms with E-state index >= 15 is 0 Å². The average Bonchev–Trinajstić information content (AvgIpc) is 2.36. The standard InChI is InChI=1S/C5H8N4O/c6-5(7)4(10)3-1-8-2-9-3/h1-2,5H,6-7H2,(H,8,9). The van der Waals surface area contributed by atoms with Crippen LogP contribution in [0.15, 0.2) is 12.5 Å². The molecule has 0 amide bonds. The molecule has 0 aliphatic heterocycles. The van der Waals surface area contributed by atoms with Gasteiger partial charge in [0.1, 0.15) is 11.9 Å². The highest BCUT2D eigenvalue weighted by Gasteiger charge is 2.11. The lowest BCUT2D eigenvalue weighted by Crippen LogP contribution is -2.39. The summed E-state index contributed by atoms with van der Waals surface area (Å²) in [7, 11) is 0. The van der Waals surface area contributed by atoms with Crippen molar-refractivity contribution in [3.63, 3.8) is 0 Å². The number of rotatable bonds is 2. The van der Waals surface area contributed by atoms with Crippen LogP contribution in [0.5, 0.6) is 0 Å². The van der Waals surface area contributed by atoms with E-state index in [2.05, 4.69) is 9.97 Å². The number of nitrogens with one attached hydrogen (secondary N) is 1. The highest BCUT2D eigenvalue weighted by molar-refractivity contribution is 5.97. The van der Waals surface area contributed by atoms with E-state index in [1.807, 2.05) is 0 Å². The van der Waals surface area contributed by atoms with Gasteiger partial charge in [-0.15, -0.1) is 0 Å². The largest absolute Gasteiger partial charge is 0.342 e. The lowest BCUT2D eigenvalue weighted by Gasteiger charge is -1.98. The molecule has 0 fully saturated rings. The Kier molecular flexibility index (Phi) is 1.79. The Hall–Kier alpha value is -1.20. The van der Waals surface area contributed by atoms with Gasteiger partial charge in [0.2, 0.25) is 5.78 Å². The van der Waals surface area contributed by atoms with Gasteiger partial charge >= 0.3 is 0 Å². The fraction of sp³-hybridized carbons (Fsp3) is 0.200. The fourth-order valence-electron chi connectivity index (χ4n) is 0.570. The molecule has 5 N–H and O–H groups in total. The average molecular weight is 140 g/mol. The summed E-state index contributed by atoms with van der Waals surface area (Å²) in [6.07, 6.45) is 1.82. The second kappa shape index (κ2) is 2.59. The van der Waals surface area contributed by atoms with Crippen LogP contribution in [0.1, 0.15) is 10.5 Å². The van der Waals surface area contributed by atoms with Gasteiger partial charge in [-0.1, -0.05) is 0 Å². The van der Waals surface area contributed by atoms with Crippen molar-refractivity contribution < 1.29 is 4.79 Å². The van der Waals surface area contributed by atoms with E-state index in [1.165, 1.54) is 12.5 Å². The lowest BCUT2D eigenvalue weighted by atomic mass is 10.2. The molecule has 0 radical (unpaired) electrons. The molecule has 0 bridgehead atoms. The van der Waals surface area contributed by atoms with E-state index in [0.717, 1.165) is 0 Å². The first-order chi connectivity index (χ1) is 4.72. The van der Waals surface area contributed by atoms with Gasteiger partial charge in [0, 0.05) is 0 Å². The number of Topliss-reactive ketones (excluding diaryl/α,β-unsaturated/α-hetero) is 1. The number of hydrogen-bond donors (Lipinski definition) is 3. The van der Waals surface area contributed by atoms with Gasteiger partial charge < -0.3 is 16.5 Å². The summed E-state index contributed by atoms with van der Waals surface area (Å²) in [6, 6.07) is 0. The van der Waals surface area contributed by atoms with Crippen molar-refractivity contribution in [2.75, 3.05) is 0 Å². The second-order valence-electron chi connectivity index (χ2n) is 1.86. The molecule has 0 saturated heterocycles. The first-order valence-electron chi connectivity index (χ1n) is 2.75. The quantitative estimate of drug-likeness (QED) is 0.356. The molecule has 5 nitrogen and oxygen atoms in total. The number of imidazole rings is 1. The molecule has 0 aliphatic rings. The van der Waals surface area contributed by atoms with E-state index in [1.54, 1.807) is 0 Å². The number of H-pyrrole nitrogens is 1. The van der Waals surface area contributed by atoms with Crippen molar-refractivity contribution in [1.82, 2.24) is 9.97 Å². The van der Waals surface area contributed by atoms with Crippen LogP contribution in [0.4, 0.5) is 0 Å². The predicted octanol–water partition coefficient (Wildman–Crippen LogP) is -1.16. The van der Waals surface area contributed by atoms with Crippen LogP contribution in [-0.4, -0.2) is 21.9 Å². The second-order valence-corrected chi connectivity index (χ2v) is 1.86. The van der Waals surface area contributed by atoms with E-state index < -0.39 is 6.17 Å². The topological polar surface area (TPSA) is 97.8 Å². The van der Waals surface area contributed by atoms with Crippen molar-refractivity contribution in [2.45, 2.75) is 6.17 Å². The molecule has 0 atom stereocenters. The zero-order chi connectivity index (χ0) is 7.56. The molecule has 1 aromatic heterocycles. The zero-order valence-electron chi connectivity index (χ0n) is 5.24. The minimum absolute atomic E-state index is 0.336. The summed E-state index contributed by atoms with van der Waals surface area (Å²) in [5.41, 5.74) is 10.6. The number of nitrogens with zero attached hydrogens (tertiary/aromatic N) is 1. The molecule has 54 valence electrons. The summed E-state index contributed by atoms with van der Waals surface area (Å²) in [4.78, 5) is 17.1. The number of nitrogens with two attached hydrogens (primary N) is 2. The lowest BCUT2D eigenvalue weighted by molar-refractivity contribution is 0.0959. The van der Waals surface area contributed by atoms with Crippen LogP contribution in [0.25, 0.3) is 0 Å².